The van der Waals surface area contributed by atoms with E-state index in [9.17, 15) is 0 Å². The number of hydrogen-bond donors (Lipinski definition) is 0. The smallest absolute Gasteiger partial charge is 0.248 e. The molecule has 1 aliphatic carbocycles. The first kappa shape index (κ1) is 28.4. The second-order valence-corrected chi connectivity index (χ2v) is 18.3. The van der Waals surface area contributed by atoms with Gasteiger partial charge in [-0.25, -0.2) is 0 Å². The molecule has 0 saturated carbocycles. The third kappa shape index (κ3) is 3.20. The van der Waals surface area contributed by atoms with Crippen molar-refractivity contribution in [2.45, 2.75) is 5.41 Å². The van der Waals surface area contributed by atoms with Gasteiger partial charge in [-0.1, -0.05) is 181 Å². The van der Waals surface area contributed by atoms with Crippen molar-refractivity contribution in [1.29, 1.82) is 0 Å². The molecule has 0 bridgehead atoms. The van der Waals surface area contributed by atoms with Gasteiger partial charge in [-0.3, -0.25) is 0 Å². The van der Waals surface area contributed by atoms with E-state index in [1.165, 1.54) is 81.9 Å². The van der Waals surface area contributed by atoms with E-state index in [4.69, 9.17) is 0 Å². The van der Waals surface area contributed by atoms with Gasteiger partial charge in [0.25, 0.3) is 0 Å². The van der Waals surface area contributed by atoms with Gasteiger partial charge in [0.2, 0.25) is 6.71 Å². The molecule has 1 nitrogen and oxygen atoms in total. The fourth-order valence-corrected chi connectivity index (χ4v) is 15.9. The van der Waals surface area contributed by atoms with E-state index in [0.717, 1.165) is 5.69 Å². The normalized spacial score (nSPS) is 15.4. The molecule has 0 radical (unpaired) electrons. The number of hydrogen-bond acceptors (Lipinski definition) is 1. The minimum atomic E-state index is -2.78. The molecule has 1 spiro atoms. The van der Waals surface area contributed by atoms with E-state index in [0.29, 0.717) is 0 Å². The molecule has 3 heteroatoms. The Hall–Kier alpha value is -6.34. The van der Waals surface area contributed by atoms with Crippen LogP contribution in [0.25, 0.3) is 11.1 Å². The Labute approximate surface area is 305 Å². The lowest BCUT2D eigenvalue weighted by atomic mass is 9.29. The number of fused-ring (bicyclic) bond motifs is 13. The molecule has 8 aromatic rings. The maximum atomic E-state index is 3.78. The van der Waals surface area contributed by atoms with Crippen LogP contribution in [-0.4, -0.2) is 14.8 Å². The van der Waals surface area contributed by atoms with Crippen LogP contribution in [0.5, 0.6) is 0 Å². The van der Waals surface area contributed by atoms with Crippen LogP contribution in [0.2, 0.25) is 0 Å². The van der Waals surface area contributed by atoms with Gasteiger partial charge in [0.1, 0.15) is 0 Å². The highest BCUT2D eigenvalue weighted by molar-refractivity contribution is 7.22. The summed E-state index contributed by atoms with van der Waals surface area (Å²) in [5.74, 6) is 0. The van der Waals surface area contributed by atoms with Crippen LogP contribution in [0, 0.1) is 12.1 Å². The van der Waals surface area contributed by atoms with Crippen LogP contribution in [0.3, 0.4) is 0 Å². The second kappa shape index (κ2) is 10.1. The zero-order valence-electron chi connectivity index (χ0n) is 28.3. The Bertz CT molecular complexity index is 2590. The van der Waals surface area contributed by atoms with Gasteiger partial charge < -0.3 is 4.90 Å². The van der Waals surface area contributed by atoms with Crippen molar-refractivity contribution < 1.29 is 0 Å². The van der Waals surface area contributed by atoms with Crippen molar-refractivity contribution in [3.05, 3.63) is 216 Å². The van der Waals surface area contributed by atoms with Gasteiger partial charge in [-0.05, 0) is 83.3 Å². The lowest BCUT2D eigenvalue weighted by Gasteiger charge is -2.51. The lowest BCUT2D eigenvalue weighted by Crippen LogP contribution is -2.79. The summed E-state index contributed by atoms with van der Waals surface area (Å²) < 4.78 is 0. The van der Waals surface area contributed by atoms with Crippen LogP contribution in [0.15, 0.2) is 182 Å². The molecule has 52 heavy (non-hydrogen) atoms. The van der Waals surface area contributed by atoms with Gasteiger partial charge >= 0.3 is 0 Å². The predicted octanol–water partition coefficient (Wildman–Crippen LogP) is 5.95. The molecule has 3 heterocycles. The standard InChI is InChI=1S/C49H30BNSi/c1-3-17-33(18-4-1)52(34-19-5-2-6-20-34)45-31-14-13-29-43(45)51-44-30-15-26-40-47(44)50(42-28-16-32-46(52)48(42)51)41-27-12-11-25-39(41)49(40)37-23-9-7-21-35(37)36-22-8-10-24-38(36)49/h1-14,16-29,31-32H. The Balaban J connectivity index is 1.25. The molecule has 0 fully saturated rings. The first-order chi connectivity index (χ1) is 25.8. The monoisotopic (exact) mass is 671 g/mol. The number of anilines is 3. The Morgan fingerprint density at radius 1 is 0.481 bits per heavy atom. The molecule has 0 aromatic heterocycles. The summed E-state index contributed by atoms with van der Waals surface area (Å²) in [5, 5.41) is 5.64. The maximum absolute atomic E-state index is 3.78. The average molecular weight is 672 g/mol. The molecule has 0 unspecified atom stereocenters. The Morgan fingerprint density at radius 3 is 1.75 bits per heavy atom. The molecule has 3 aliphatic heterocycles. The number of benzene rings is 7. The predicted molar refractivity (Wildman–Crippen MR) is 218 cm³/mol. The van der Waals surface area contributed by atoms with Gasteiger partial charge in [-0.15, -0.1) is 0 Å². The first-order valence-corrected chi connectivity index (χ1v) is 20.2. The molecule has 0 amide bonds. The van der Waals surface area contributed by atoms with Crippen molar-refractivity contribution in [1.82, 2.24) is 0 Å². The minimum absolute atomic E-state index is 0.0484. The first-order valence-electron chi connectivity index (χ1n) is 18.2. The summed E-state index contributed by atoms with van der Waals surface area (Å²) in [4.78, 5) is 2.57. The third-order valence-corrected chi connectivity index (χ3v) is 17.3. The Kier molecular flexibility index (Phi) is 5.53. The fraction of sp³-hybridized carbons (Fsp3) is 0.0204. The van der Waals surface area contributed by atoms with Crippen LogP contribution in [-0.2, 0) is 5.41 Å². The molecule has 0 N–H and O–H groups in total. The number of para-hydroxylation sites is 2. The summed E-state index contributed by atoms with van der Waals surface area (Å²) in [6, 6.07) is 76.1. The van der Waals surface area contributed by atoms with Crippen LogP contribution in [0.4, 0.5) is 17.1 Å². The average Bonchev–Trinajstić information content (AvgIpc) is 3.51. The van der Waals surface area contributed by atoms with Crippen LogP contribution in [0.1, 0.15) is 22.3 Å². The van der Waals surface area contributed by atoms with Crippen molar-refractivity contribution >= 4 is 69.0 Å². The van der Waals surface area contributed by atoms with E-state index in [1.807, 2.05) is 0 Å². The molecule has 0 atom stereocenters. The maximum Gasteiger partial charge on any atom is 0.248 e. The molecule has 12 rings (SSSR count). The SMILES string of the molecule is c1cc2c3c(c#1)N1c4ccccc4[Si](c4ccccc4)(c4ccccc4)c4cccc(c41)B3c1ccccc1C21c2ccccc2-c2ccccc21. The summed E-state index contributed by atoms with van der Waals surface area (Å²) in [6.45, 7) is 0.0484. The van der Waals surface area contributed by atoms with E-state index in [2.05, 4.69) is 199 Å². The van der Waals surface area contributed by atoms with Gasteiger partial charge in [0, 0.05) is 11.4 Å². The van der Waals surface area contributed by atoms with E-state index < -0.39 is 13.5 Å². The topological polar surface area (TPSA) is 3.24 Å². The van der Waals surface area contributed by atoms with E-state index in [1.54, 1.807) is 0 Å². The summed E-state index contributed by atoms with van der Waals surface area (Å²) in [5.41, 5.74) is 15.3. The molecule has 4 aliphatic rings. The summed E-state index contributed by atoms with van der Waals surface area (Å²) in [7, 11) is -2.78. The quantitative estimate of drug-likeness (QED) is 0.206. The molecule has 238 valence electrons. The molecule has 0 saturated heterocycles. The Morgan fingerprint density at radius 2 is 1.04 bits per heavy atom. The van der Waals surface area contributed by atoms with Crippen molar-refractivity contribution in [3.63, 3.8) is 0 Å². The molecular formula is C49H30BNSi. The zero-order chi connectivity index (χ0) is 34.0. The van der Waals surface area contributed by atoms with Gasteiger partial charge in [-0.2, -0.15) is 0 Å². The third-order valence-electron chi connectivity index (χ3n) is 12.5. The summed E-state index contributed by atoms with van der Waals surface area (Å²) >= 11 is 0. The second-order valence-electron chi connectivity index (χ2n) is 14.5. The van der Waals surface area contributed by atoms with Gasteiger partial charge in [0.05, 0.1) is 11.1 Å². The van der Waals surface area contributed by atoms with Crippen molar-refractivity contribution in [3.8, 4) is 11.1 Å². The number of nitrogens with zero attached hydrogens (tertiary/aromatic N) is 1. The van der Waals surface area contributed by atoms with Gasteiger partial charge in [0.15, 0.2) is 8.07 Å². The van der Waals surface area contributed by atoms with E-state index in [-0.39, 0.29) is 6.71 Å². The van der Waals surface area contributed by atoms with Crippen LogP contribution >= 0.6 is 0 Å². The lowest BCUT2D eigenvalue weighted by molar-refractivity contribution is 0.775. The minimum Gasteiger partial charge on any atom is -0.304 e. The van der Waals surface area contributed by atoms with Crippen LogP contribution < -0.4 is 42.0 Å². The van der Waals surface area contributed by atoms with E-state index >= 15 is 0 Å². The molecule has 8 aromatic carbocycles. The fourth-order valence-electron chi connectivity index (χ4n) is 10.8. The molecular weight excluding hydrogens is 641 g/mol. The largest absolute Gasteiger partial charge is 0.304 e. The highest BCUT2D eigenvalue weighted by Crippen LogP contribution is 2.57. The highest BCUT2D eigenvalue weighted by Gasteiger charge is 2.57. The zero-order valence-corrected chi connectivity index (χ0v) is 29.3. The van der Waals surface area contributed by atoms with Crippen molar-refractivity contribution in [2.75, 3.05) is 4.90 Å². The number of rotatable bonds is 2. The summed E-state index contributed by atoms with van der Waals surface area (Å²) in [6.07, 6.45) is 0. The highest BCUT2D eigenvalue weighted by atomic mass is 28.3. The van der Waals surface area contributed by atoms with Crippen molar-refractivity contribution in [2.24, 2.45) is 0 Å².